The Labute approximate surface area is 148 Å². The minimum Gasteiger partial charge on any atom is -0.319 e. The SMILES string of the molecule is O=C(Nc1ccccc1F)c1ccc(=O)n(Cc2ccccc2Cl)c1. The molecule has 25 heavy (non-hydrogen) atoms. The number of amides is 1. The van der Waals surface area contributed by atoms with Crippen LogP contribution in [0.3, 0.4) is 0 Å². The van der Waals surface area contributed by atoms with Crippen molar-refractivity contribution in [3.63, 3.8) is 0 Å². The highest BCUT2D eigenvalue weighted by molar-refractivity contribution is 6.31. The van der Waals surface area contributed by atoms with Crippen LogP contribution < -0.4 is 10.9 Å². The zero-order chi connectivity index (χ0) is 17.8. The van der Waals surface area contributed by atoms with Gasteiger partial charge in [-0.15, -0.1) is 0 Å². The second kappa shape index (κ2) is 7.32. The van der Waals surface area contributed by atoms with E-state index in [1.807, 2.05) is 6.07 Å². The van der Waals surface area contributed by atoms with Crippen molar-refractivity contribution in [2.45, 2.75) is 6.54 Å². The molecule has 0 saturated carbocycles. The summed E-state index contributed by atoms with van der Waals surface area (Å²) in [5.74, 6) is -1.03. The summed E-state index contributed by atoms with van der Waals surface area (Å²) < 4.78 is 15.0. The maximum Gasteiger partial charge on any atom is 0.257 e. The molecule has 1 aromatic heterocycles. The Hall–Kier alpha value is -2.92. The smallest absolute Gasteiger partial charge is 0.257 e. The van der Waals surface area contributed by atoms with Crippen LogP contribution in [-0.2, 0) is 6.54 Å². The van der Waals surface area contributed by atoms with Crippen molar-refractivity contribution >= 4 is 23.2 Å². The number of benzene rings is 2. The summed E-state index contributed by atoms with van der Waals surface area (Å²) in [5.41, 5.74) is 0.826. The van der Waals surface area contributed by atoms with Crippen molar-refractivity contribution in [2.75, 3.05) is 5.32 Å². The van der Waals surface area contributed by atoms with Gasteiger partial charge in [-0.3, -0.25) is 9.59 Å². The molecule has 1 amide bonds. The predicted octanol–water partition coefficient (Wildman–Crippen LogP) is 3.94. The van der Waals surface area contributed by atoms with E-state index in [0.717, 1.165) is 5.56 Å². The van der Waals surface area contributed by atoms with E-state index >= 15 is 0 Å². The van der Waals surface area contributed by atoms with Gasteiger partial charge in [0.1, 0.15) is 5.82 Å². The van der Waals surface area contributed by atoms with Crippen LogP contribution in [-0.4, -0.2) is 10.5 Å². The van der Waals surface area contributed by atoms with Gasteiger partial charge in [-0.25, -0.2) is 4.39 Å². The number of aromatic nitrogens is 1. The number of nitrogens with zero attached hydrogens (tertiary/aromatic N) is 1. The van der Waals surface area contributed by atoms with Gasteiger partial charge < -0.3 is 9.88 Å². The lowest BCUT2D eigenvalue weighted by Crippen LogP contribution is -2.22. The molecular formula is C19H14ClFN2O2. The number of pyridine rings is 1. The van der Waals surface area contributed by atoms with Gasteiger partial charge in [-0.1, -0.05) is 41.9 Å². The third-order valence-corrected chi connectivity index (χ3v) is 4.03. The van der Waals surface area contributed by atoms with E-state index in [1.165, 1.54) is 41.1 Å². The van der Waals surface area contributed by atoms with Crippen LogP contribution in [0, 0.1) is 5.82 Å². The average molecular weight is 357 g/mol. The lowest BCUT2D eigenvalue weighted by atomic mass is 10.2. The Balaban J connectivity index is 1.86. The molecule has 3 rings (SSSR count). The van der Waals surface area contributed by atoms with E-state index < -0.39 is 11.7 Å². The number of hydrogen-bond donors (Lipinski definition) is 1. The van der Waals surface area contributed by atoms with Crippen LogP contribution in [0.15, 0.2) is 71.7 Å². The maximum absolute atomic E-state index is 13.7. The van der Waals surface area contributed by atoms with Crippen LogP contribution in [0.2, 0.25) is 5.02 Å². The monoisotopic (exact) mass is 356 g/mol. The van der Waals surface area contributed by atoms with Gasteiger partial charge in [0.15, 0.2) is 0 Å². The third-order valence-electron chi connectivity index (χ3n) is 3.67. The summed E-state index contributed by atoms with van der Waals surface area (Å²) in [6, 6.07) is 15.7. The number of carbonyl (C=O) groups excluding carboxylic acids is 1. The molecule has 0 fully saturated rings. The highest BCUT2D eigenvalue weighted by atomic mass is 35.5. The first-order valence-electron chi connectivity index (χ1n) is 7.54. The lowest BCUT2D eigenvalue weighted by Gasteiger charge is -2.10. The first-order valence-corrected chi connectivity index (χ1v) is 7.92. The fraction of sp³-hybridized carbons (Fsp3) is 0.0526. The summed E-state index contributed by atoms with van der Waals surface area (Å²) in [6.45, 7) is 0.235. The van der Waals surface area contributed by atoms with Gasteiger partial charge in [-0.2, -0.15) is 0 Å². The minimum absolute atomic E-state index is 0.0800. The summed E-state index contributed by atoms with van der Waals surface area (Å²) >= 11 is 6.12. The number of rotatable bonds is 4. The van der Waals surface area contributed by atoms with Crippen LogP contribution in [0.4, 0.5) is 10.1 Å². The molecular weight excluding hydrogens is 343 g/mol. The molecule has 0 spiro atoms. The van der Waals surface area contributed by atoms with E-state index in [9.17, 15) is 14.0 Å². The van der Waals surface area contributed by atoms with E-state index in [4.69, 9.17) is 11.6 Å². The van der Waals surface area contributed by atoms with Gasteiger partial charge in [0, 0.05) is 17.3 Å². The Morgan fingerprint density at radius 1 is 1.04 bits per heavy atom. The molecule has 4 nitrogen and oxygen atoms in total. The summed E-state index contributed by atoms with van der Waals surface area (Å²) in [4.78, 5) is 24.4. The fourth-order valence-electron chi connectivity index (χ4n) is 2.36. The number of hydrogen-bond acceptors (Lipinski definition) is 2. The van der Waals surface area contributed by atoms with Crippen molar-refractivity contribution < 1.29 is 9.18 Å². The second-order valence-corrected chi connectivity index (χ2v) is 5.82. The predicted molar refractivity (Wildman–Crippen MR) is 95.6 cm³/mol. The van der Waals surface area contributed by atoms with Crippen LogP contribution >= 0.6 is 11.6 Å². The Morgan fingerprint density at radius 3 is 2.52 bits per heavy atom. The molecule has 6 heteroatoms. The van der Waals surface area contributed by atoms with Gasteiger partial charge in [0.25, 0.3) is 11.5 Å². The van der Waals surface area contributed by atoms with Crippen LogP contribution in [0.5, 0.6) is 0 Å². The van der Waals surface area contributed by atoms with Crippen molar-refractivity contribution in [2.24, 2.45) is 0 Å². The topological polar surface area (TPSA) is 51.1 Å². The molecule has 0 saturated heterocycles. The first kappa shape index (κ1) is 16.9. The molecule has 2 aromatic carbocycles. The van der Waals surface area contributed by atoms with Gasteiger partial charge in [0.2, 0.25) is 0 Å². The largest absolute Gasteiger partial charge is 0.319 e. The highest BCUT2D eigenvalue weighted by Crippen LogP contribution is 2.16. The van der Waals surface area contributed by atoms with E-state index in [0.29, 0.717) is 5.02 Å². The molecule has 0 aliphatic heterocycles. The normalized spacial score (nSPS) is 10.5. The van der Waals surface area contributed by atoms with E-state index in [2.05, 4.69) is 5.32 Å². The molecule has 0 radical (unpaired) electrons. The number of carbonyl (C=O) groups is 1. The maximum atomic E-state index is 13.7. The average Bonchev–Trinajstić information content (AvgIpc) is 2.60. The molecule has 1 heterocycles. The van der Waals surface area contributed by atoms with Gasteiger partial charge in [0.05, 0.1) is 17.8 Å². The van der Waals surface area contributed by atoms with Crippen molar-refractivity contribution in [1.82, 2.24) is 4.57 Å². The summed E-state index contributed by atoms with van der Waals surface area (Å²) in [6.07, 6.45) is 1.43. The lowest BCUT2D eigenvalue weighted by molar-refractivity contribution is 0.102. The molecule has 0 aliphatic rings. The first-order chi connectivity index (χ1) is 12.0. The summed E-state index contributed by atoms with van der Waals surface area (Å²) in [5, 5.41) is 3.03. The molecule has 0 bridgehead atoms. The van der Waals surface area contributed by atoms with Gasteiger partial charge >= 0.3 is 0 Å². The zero-order valence-corrected chi connectivity index (χ0v) is 13.8. The molecule has 0 aliphatic carbocycles. The molecule has 1 N–H and O–H groups in total. The van der Waals surface area contributed by atoms with Crippen LogP contribution in [0.1, 0.15) is 15.9 Å². The number of halogens is 2. The molecule has 3 aromatic rings. The molecule has 0 unspecified atom stereocenters. The summed E-state index contributed by atoms with van der Waals surface area (Å²) in [7, 11) is 0. The Morgan fingerprint density at radius 2 is 1.76 bits per heavy atom. The zero-order valence-electron chi connectivity index (χ0n) is 13.1. The van der Waals surface area contributed by atoms with E-state index in [1.54, 1.807) is 24.3 Å². The Bertz CT molecular complexity index is 985. The van der Waals surface area contributed by atoms with Crippen molar-refractivity contribution in [3.8, 4) is 0 Å². The minimum atomic E-state index is -0.528. The van der Waals surface area contributed by atoms with Gasteiger partial charge in [-0.05, 0) is 29.8 Å². The molecule has 126 valence electrons. The number of para-hydroxylation sites is 1. The van der Waals surface area contributed by atoms with Crippen molar-refractivity contribution in [3.05, 3.63) is 99.2 Å². The fourth-order valence-corrected chi connectivity index (χ4v) is 2.55. The van der Waals surface area contributed by atoms with Crippen LogP contribution in [0.25, 0.3) is 0 Å². The third kappa shape index (κ3) is 3.95. The van der Waals surface area contributed by atoms with Crippen molar-refractivity contribution in [1.29, 1.82) is 0 Å². The standard InChI is InChI=1S/C19H14ClFN2O2/c20-15-6-2-1-5-13(15)11-23-12-14(9-10-18(23)24)19(25)22-17-8-4-3-7-16(17)21/h1-10,12H,11H2,(H,22,25). The molecule has 0 atom stereocenters. The second-order valence-electron chi connectivity index (χ2n) is 5.41. The number of anilines is 1. The quantitative estimate of drug-likeness (QED) is 0.769. The van der Waals surface area contributed by atoms with E-state index in [-0.39, 0.29) is 23.4 Å². The Kier molecular flexibility index (Phi) is 4.95. The number of nitrogens with one attached hydrogen (secondary N) is 1. The highest BCUT2D eigenvalue weighted by Gasteiger charge is 2.11.